The normalized spacial score (nSPS) is 27.7. The van der Waals surface area contributed by atoms with Gasteiger partial charge in [-0.05, 0) is 51.1 Å². The second-order valence-electron chi connectivity index (χ2n) is 5.29. The lowest BCUT2D eigenvalue weighted by Crippen LogP contribution is -2.30. The Kier molecular flexibility index (Phi) is 2.96. The van der Waals surface area contributed by atoms with E-state index in [9.17, 15) is 4.79 Å². The van der Waals surface area contributed by atoms with Crippen molar-refractivity contribution in [3.8, 4) is 0 Å². The van der Waals surface area contributed by atoms with E-state index in [1.807, 2.05) is 6.92 Å². The van der Waals surface area contributed by atoms with Crippen LogP contribution < -0.4 is 5.32 Å². The summed E-state index contributed by atoms with van der Waals surface area (Å²) < 4.78 is 0. The Balaban J connectivity index is 1.81. The predicted octanol–water partition coefficient (Wildman–Crippen LogP) is 2.30. The summed E-state index contributed by atoms with van der Waals surface area (Å²) in [6.45, 7) is 8.05. The van der Waals surface area contributed by atoms with Gasteiger partial charge in [0.25, 0.3) is 0 Å². The molecule has 2 aliphatic rings. The fraction of sp³-hybridized carbons (Fsp3) is 0.769. The summed E-state index contributed by atoms with van der Waals surface area (Å²) in [6, 6.07) is 0. The van der Waals surface area contributed by atoms with E-state index in [1.54, 1.807) is 0 Å². The third-order valence-corrected chi connectivity index (χ3v) is 3.98. The molecule has 1 saturated heterocycles. The second kappa shape index (κ2) is 4.09. The van der Waals surface area contributed by atoms with Gasteiger partial charge in [-0.1, -0.05) is 5.57 Å². The van der Waals surface area contributed by atoms with Crippen LogP contribution in [-0.2, 0) is 4.79 Å². The lowest BCUT2D eigenvalue weighted by Gasteiger charge is -2.23. The lowest BCUT2D eigenvalue weighted by molar-refractivity contribution is -0.121. The van der Waals surface area contributed by atoms with E-state index >= 15 is 0 Å². The Hall–Kier alpha value is -0.630. The van der Waals surface area contributed by atoms with Crippen LogP contribution in [-0.4, -0.2) is 18.9 Å². The molecule has 1 N–H and O–H groups in total. The van der Waals surface area contributed by atoms with Crippen molar-refractivity contribution in [2.45, 2.75) is 39.0 Å². The summed E-state index contributed by atoms with van der Waals surface area (Å²) in [7, 11) is 0. The van der Waals surface area contributed by atoms with E-state index in [2.05, 4.69) is 11.9 Å². The molecule has 2 fully saturated rings. The maximum atomic E-state index is 11.9. The van der Waals surface area contributed by atoms with E-state index in [1.165, 1.54) is 12.8 Å². The number of nitrogens with one attached hydrogen (secondary N) is 1. The van der Waals surface area contributed by atoms with Crippen molar-refractivity contribution >= 4 is 5.78 Å². The number of Topliss-reactive ketones (excluding diaryl/α,β-unsaturated/α-hetero) is 1. The minimum absolute atomic E-state index is 0.388. The Bertz CT molecular complexity index is 276. The zero-order valence-electron chi connectivity index (χ0n) is 9.64. The van der Waals surface area contributed by atoms with Crippen molar-refractivity contribution in [3.05, 3.63) is 12.2 Å². The number of hydrogen-bond acceptors (Lipinski definition) is 2. The molecule has 0 bridgehead atoms. The second-order valence-corrected chi connectivity index (χ2v) is 5.29. The number of piperidine rings is 1. The van der Waals surface area contributed by atoms with Gasteiger partial charge < -0.3 is 5.32 Å². The van der Waals surface area contributed by atoms with Crippen LogP contribution in [0.25, 0.3) is 0 Å². The van der Waals surface area contributed by atoms with E-state index in [0.717, 1.165) is 37.9 Å². The van der Waals surface area contributed by atoms with Gasteiger partial charge in [-0.25, -0.2) is 0 Å². The Morgan fingerprint density at radius 2 is 2.07 bits per heavy atom. The third kappa shape index (κ3) is 2.31. The summed E-state index contributed by atoms with van der Waals surface area (Å²) in [5.74, 6) is 0.874. The zero-order valence-corrected chi connectivity index (χ0v) is 9.64. The molecule has 2 rings (SSSR count). The van der Waals surface area contributed by atoms with Crippen LogP contribution in [0, 0.1) is 11.3 Å². The van der Waals surface area contributed by atoms with Crippen LogP contribution in [0.2, 0.25) is 0 Å². The van der Waals surface area contributed by atoms with Crippen LogP contribution in [0.4, 0.5) is 0 Å². The van der Waals surface area contributed by atoms with Crippen molar-refractivity contribution in [1.82, 2.24) is 5.32 Å². The minimum atomic E-state index is 0.388. The molecule has 0 aromatic rings. The van der Waals surface area contributed by atoms with E-state index in [-0.39, 0.29) is 0 Å². The fourth-order valence-corrected chi connectivity index (χ4v) is 2.79. The van der Waals surface area contributed by atoms with Gasteiger partial charge in [0.05, 0.1) is 0 Å². The predicted molar refractivity (Wildman–Crippen MR) is 61.7 cm³/mol. The number of carbonyl (C=O) groups excluding carboxylic acids is 1. The highest BCUT2D eigenvalue weighted by molar-refractivity contribution is 5.84. The number of rotatable bonds is 4. The van der Waals surface area contributed by atoms with Crippen LogP contribution in [0.1, 0.15) is 39.0 Å². The topological polar surface area (TPSA) is 29.1 Å². The third-order valence-electron chi connectivity index (χ3n) is 3.98. The molecule has 1 aliphatic heterocycles. The lowest BCUT2D eigenvalue weighted by atomic mass is 9.90. The standard InChI is InChI=1S/C13H21NO/c1-10(2)3-4-12(15)11-9-13(11)5-7-14-8-6-13/h11,14H,1,3-9H2,2H3. The first kappa shape index (κ1) is 10.9. The number of ketones is 1. The first-order chi connectivity index (χ1) is 7.14. The van der Waals surface area contributed by atoms with Gasteiger partial charge in [0.2, 0.25) is 0 Å². The summed E-state index contributed by atoms with van der Waals surface area (Å²) >= 11 is 0. The SMILES string of the molecule is C=C(C)CCC(=O)C1CC12CCNCC2. The average Bonchev–Trinajstić information content (AvgIpc) is 2.90. The average molecular weight is 207 g/mol. The molecule has 0 radical (unpaired) electrons. The molecule has 15 heavy (non-hydrogen) atoms. The maximum absolute atomic E-state index is 11.9. The molecule has 1 atom stereocenters. The van der Waals surface area contributed by atoms with Crippen molar-refractivity contribution in [3.63, 3.8) is 0 Å². The maximum Gasteiger partial charge on any atom is 0.136 e. The van der Waals surface area contributed by atoms with E-state index in [0.29, 0.717) is 17.1 Å². The van der Waals surface area contributed by atoms with Crippen molar-refractivity contribution in [2.75, 3.05) is 13.1 Å². The van der Waals surface area contributed by atoms with Crippen LogP contribution >= 0.6 is 0 Å². The van der Waals surface area contributed by atoms with Gasteiger partial charge >= 0.3 is 0 Å². The molecule has 2 nitrogen and oxygen atoms in total. The summed E-state index contributed by atoms with van der Waals surface area (Å²) in [5.41, 5.74) is 1.54. The number of carbonyl (C=O) groups is 1. The Morgan fingerprint density at radius 1 is 1.40 bits per heavy atom. The zero-order chi connectivity index (χ0) is 10.9. The van der Waals surface area contributed by atoms with Gasteiger partial charge in [-0.2, -0.15) is 0 Å². The van der Waals surface area contributed by atoms with Gasteiger partial charge in [-0.15, -0.1) is 6.58 Å². The van der Waals surface area contributed by atoms with Gasteiger partial charge in [0, 0.05) is 12.3 Å². The van der Waals surface area contributed by atoms with Gasteiger partial charge in [0.15, 0.2) is 0 Å². The Morgan fingerprint density at radius 3 is 2.67 bits per heavy atom. The molecule has 2 heteroatoms. The van der Waals surface area contributed by atoms with Crippen LogP contribution in [0.5, 0.6) is 0 Å². The molecule has 0 amide bonds. The summed E-state index contributed by atoms with van der Waals surface area (Å²) in [5, 5.41) is 3.36. The molecule has 84 valence electrons. The Labute approximate surface area is 92.1 Å². The molecule has 1 spiro atoms. The van der Waals surface area contributed by atoms with Crippen molar-refractivity contribution in [1.29, 1.82) is 0 Å². The molecule has 0 aromatic carbocycles. The minimum Gasteiger partial charge on any atom is -0.317 e. The van der Waals surface area contributed by atoms with Crippen molar-refractivity contribution in [2.24, 2.45) is 11.3 Å². The molecular weight excluding hydrogens is 186 g/mol. The van der Waals surface area contributed by atoms with Gasteiger partial charge in [0.1, 0.15) is 5.78 Å². The molecule has 1 heterocycles. The van der Waals surface area contributed by atoms with Gasteiger partial charge in [-0.3, -0.25) is 4.79 Å². The molecule has 1 aliphatic carbocycles. The molecule has 1 unspecified atom stereocenters. The van der Waals surface area contributed by atoms with Crippen LogP contribution in [0.3, 0.4) is 0 Å². The largest absolute Gasteiger partial charge is 0.317 e. The van der Waals surface area contributed by atoms with Crippen LogP contribution in [0.15, 0.2) is 12.2 Å². The highest BCUT2D eigenvalue weighted by Gasteiger charge is 2.56. The molecule has 1 saturated carbocycles. The quantitative estimate of drug-likeness (QED) is 0.717. The van der Waals surface area contributed by atoms with E-state index in [4.69, 9.17) is 0 Å². The summed E-state index contributed by atoms with van der Waals surface area (Å²) in [6.07, 6.45) is 5.16. The highest BCUT2D eigenvalue weighted by Crippen LogP contribution is 2.59. The highest BCUT2D eigenvalue weighted by atomic mass is 16.1. The summed E-state index contributed by atoms with van der Waals surface area (Å²) in [4.78, 5) is 11.9. The molecular formula is C13H21NO. The monoisotopic (exact) mass is 207 g/mol. The smallest absolute Gasteiger partial charge is 0.136 e. The molecule has 0 aromatic heterocycles. The first-order valence-electron chi connectivity index (χ1n) is 6.02. The van der Waals surface area contributed by atoms with E-state index < -0.39 is 0 Å². The van der Waals surface area contributed by atoms with Crippen molar-refractivity contribution < 1.29 is 4.79 Å². The fourth-order valence-electron chi connectivity index (χ4n) is 2.79. The number of hydrogen-bond donors (Lipinski definition) is 1. The number of allylic oxidation sites excluding steroid dienone is 1. The first-order valence-corrected chi connectivity index (χ1v) is 6.02.